The minimum Gasteiger partial charge on any atom is -0.462 e. The molecular weight excluding hydrogens is 354 g/mol. The van der Waals surface area contributed by atoms with Gasteiger partial charge in [-0.1, -0.05) is 36.2 Å². The lowest BCUT2D eigenvalue weighted by molar-refractivity contribution is -0.122. The fraction of sp³-hybridized carbons (Fsp3) is 0.348. The maximum absolute atomic E-state index is 13.0. The lowest BCUT2D eigenvalue weighted by Gasteiger charge is -2.16. The molecule has 0 unspecified atom stereocenters. The third-order valence-electron chi connectivity index (χ3n) is 5.12. The zero-order valence-corrected chi connectivity index (χ0v) is 16.7. The Bertz CT molecular complexity index is 896. The third kappa shape index (κ3) is 3.84. The second kappa shape index (κ2) is 7.97. The number of hydrogen-bond donors (Lipinski definition) is 0. The van der Waals surface area contributed by atoms with Crippen LogP contribution in [0.3, 0.4) is 0 Å². The van der Waals surface area contributed by atoms with Crippen LogP contribution in [0.15, 0.2) is 42.5 Å². The molecule has 0 saturated carbocycles. The van der Waals surface area contributed by atoms with Gasteiger partial charge in [-0.15, -0.1) is 0 Å². The highest BCUT2D eigenvalue weighted by atomic mass is 16.5. The van der Waals surface area contributed by atoms with Crippen LogP contribution in [-0.4, -0.2) is 24.4 Å². The van der Waals surface area contributed by atoms with Crippen molar-refractivity contribution in [1.29, 1.82) is 0 Å². The molecule has 2 amide bonds. The standard InChI is InChI=1S/C23H25NO4/c1-5-28-23(27)18-6-8-19(9-7-18)24-21(25)16(4)20(22(24)26)13-17-11-14(2)10-15(3)12-17/h6-12,16,20H,5,13H2,1-4H3/t16-,20-/m0/s1. The third-order valence-corrected chi connectivity index (χ3v) is 5.12. The molecule has 0 aliphatic carbocycles. The van der Waals surface area contributed by atoms with Gasteiger partial charge in [0.25, 0.3) is 0 Å². The summed E-state index contributed by atoms with van der Waals surface area (Å²) in [4.78, 5) is 38.9. The quantitative estimate of drug-likeness (QED) is 0.585. The number of nitrogens with zero attached hydrogens (tertiary/aromatic N) is 1. The molecule has 0 N–H and O–H groups in total. The highest BCUT2D eigenvalue weighted by Gasteiger charge is 2.45. The van der Waals surface area contributed by atoms with Gasteiger partial charge in [-0.3, -0.25) is 14.5 Å². The predicted molar refractivity (Wildman–Crippen MR) is 107 cm³/mol. The van der Waals surface area contributed by atoms with Crippen molar-refractivity contribution in [3.8, 4) is 0 Å². The van der Waals surface area contributed by atoms with Gasteiger partial charge in [0.05, 0.1) is 23.8 Å². The summed E-state index contributed by atoms with van der Waals surface area (Å²) >= 11 is 0. The first kappa shape index (κ1) is 19.8. The number of carbonyl (C=O) groups excluding carboxylic acids is 3. The van der Waals surface area contributed by atoms with Gasteiger partial charge in [-0.2, -0.15) is 0 Å². The SMILES string of the molecule is CCOC(=O)c1ccc(N2C(=O)[C@@H](C)[C@H](Cc3cc(C)cc(C)c3)C2=O)cc1. The molecule has 3 rings (SSSR count). The second-order valence-electron chi connectivity index (χ2n) is 7.37. The van der Waals surface area contributed by atoms with Gasteiger partial charge in [-0.25, -0.2) is 4.79 Å². The highest BCUT2D eigenvalue weighted by Crippen LogP contribution is 2.33. The first-order valence-electron chi connectivity index (χ1n) is 9.54. The van der Waals surface area contributed by atoms with Crippen LogP contribution >= 0.6 is 0 Å². The Morgan fingerprint density at radius 2 is 1.61 bits per heavy atom. The molecule has 146 valence electrons. The second-order valence-corrected chi connectivity index (χ2v) is 7.37. The summed E-state index contributed by atoms with van der Waals surface area (Å²) in [6.45, 7) is 7.89. The Morgan fingerprint density at radius 1 is 1.00 bits per heavy atom. The Morgan fingerprint density at radius 3 is 2.18 bits per heavy atom. The molecule has 1 heterocycles. The van der Waals surface area contributed by atoms with Crippen LogP contribution in [0, 0.1) is 25.7 Å². The maximum Gasteiger partial charge on any atom is 0.338 e. The zero-order chi connectivity index (χ0) is 20.4. The van der Waals surface area contributed by atoms with Crippen LogP contribution in [-0.2, 0) is 20.7 Å². The molecule has 1 fully saturated rings. The fourth-order valence-corrected chi connectivity index (χ4v) is 3.78. The van der Waals surface area contributed by atoms with Gasteiger partial charge < -0.3 is 4.74 Å². The van der Waals surface area contributed by atoms with Gasteiger partial charge in [0.1, 0.15) is 0 Å². The summed E-state index contributed by atoms with van der Waals surface area (Å²) in [5.74, 6) is -1.60. The number of esters is 1. The number of hydrogen-bond acceptors (Lipinski definition) is 4. The number of amides is 2. The molecule has 2 aromatic carbocycles. The van der Waals surface area contributed by atoms with E-state index >= 15 is 0 Å². The smallest absolute Gasteiger partial charge is 0.338 e. The van der Waals surface area contributed by atoms with Crippen molar-refractivity contribution in [3.63, 3.8) is 0 Å². The summed E-state index contributed by atoms with van der Waals surface area (Å²) in [7, 11) is 0. The first-order valence-corrected chi connectivity index (χ1v) is 9.54. The van der Waals surface area contributed by atoms with Crippen molar-refractivity contribution < 1.29 is 19.1 Å². The van der Waals surface area contributed by atoms with Gasteiger partial charge >= 0.3 is 5.97 Å². The van der Waals surface area contributed by atoms with E-state index < -0.39 is 17.8 Å². The number of aryl methyl sites for hydroxylation is 2. The van der Waals surface area contributed by atoms with Crippen LogP contribution < -0.4 is 4.90 Å². The van der Waals surface area contributed by atoms with Crippen LogP contribution in [0.4, 0.5) is 5.69 Å². The van der Waals surface area contributed by atoms with Crippen molar-refractivity contribution in [3.05, 3.63) is 64.7 Å². The van der Waals surface area contributed by atoms with E-state index in [-0.39, 0.29) is 11.8 Å². The largest absolute Gasteiger partial charge is 0.462 e. The number of imide groups is 1. The van der Waals surface area contributed by atoms with E-state index in [1.807, 2.05) is 13.8 Å². The van der Waals surface area contributed by atoms with Gasteiger partial charge in [0, 0.05) is 5.92 Å². The summed E-state index contributed by atoms with van der Waals surface area (Å²) < 4.78 is 4.97. The minimum atomic E-state index is -0.422. The molecule has 0 spiro atoms. The Hall–Kier alpha value is -2.95. The van der Waals surface area contributed by atoms with Crippen molar-refractivity contribution in [2.75, 3.05) is 11.5 Å². The van der Waals surface area contributed by atoms with Gasteiger partial charge in [-0.05, 0) is 57.0 Å². The van der Waals surface area contributed by atoms with Gasteiger partial charge in [0.2, 0.25) is 11.8 Å². The van der Waals surface area contributed by atoms with E-state index in [0.717, 1.165) is 16.7 Å². The summed E-state index contributed by atoms with van der Waals surface area (Å²) in [5.41, 5.74) is 4.23. The normalized spacial score (nSPS) is 19.2. The molecule has 5 nitrogen and oxygen atoms in total. The molecular formula is C23H25NO4. The lowest BCUT2D eigenvalue weighted by atomic mass is 9.89. The Labute approximate surface area is 165 Å². The molecule has 1 aliphatic heterocycles. The lowest BCUT2D eigenvalue weighted by Crippen LogP contribution is -2.31. The van der Waals surface area contributed by atoms with Crippen LogP contribution in [0.25, 0.3) is 0 Å². The van der Waals surface area contributed by atoms with Crippen molar-refractivity contribution >= 4 is 23.5 Å². The van der Waals surface area contributed by atoms with E-state index in [1.54, 1.807) is 38.1 Å². The molecule has 2 aromatic rings. The average molecular weight is 379 g/mol. The first-order chi connectivity index (χ1) is 13.3. The van der Waals surface area contributed by atoms with E-state index in [2.05, 4.69) is 18.2 Å². The molecule has 0 aromatic heterocycles. The van der Waals surface area contributed by atoms with Crippen LogP contribution in [0.2, 0.25) is 0 Å². The molecule has 5 heteroatoms. The molecule has 0 radical (unpaired) electrons. The summed E-state index contributed by atoms with van der Waals surface area (Å²) in [6.07, 6.45) is 0.533. The topological polar surface area (TPSA) is 63.7 Å². The zero-order valence-electron chi connectivity index (χ0n) is 16.7. The molecule has 1 saturated heterocycles. The predicted octanol–water partition coefficient (Wildman–Crippen LogP) is 3.85. The summed E-state index contributed by atoms with van der Waals surface area (Å²) in [5, 5.41) is 0. The van der Waals surface area contributed by atoms with Crippen molar-refractivity contribution in [1.82, 2.24) is 0 Å². The number of benzene rings is 2. The molecule has 0 bridgehead atoms. The molecule has 2 atom stereocenters. The number of rotatable bonds is 5. The Kier molecular flexibility index (Phi) is 5.63. The average Bonchev–Trinajstić information content (AvgIpc) is 2.85. The molecule has 1 aliphatic rings. The minimum absolute atomic E-state index is 0.194. The Balaban J connectivity index is 1.82. The van der Waals surface area contributed by atoms with E-state index in [4.69, 9.17) is 4.74 Å². The van der Waals surface area contributed by atoms with E-state index in [0.29, 0.717) is 24.3 Å². The highest BCUT2D eigenvalue weighted by molar-refractivity contribution is 6.22. The number of ether oxygens (including phenoxy) is 1. The molecule has 28 heavy (non-hydrogen) atoms. The van der Waals surface area contributed by atoms with Crippen molar-refractivity contribution in [2.24, 2.45) is 11.8 Å². The van der Waals surface area contributed by atoms with Crippen LogP contribution in [0.1, 0.15) is 40.9 Å². The van der Waals surface area contributed by atoms with E-state index in [9.17, 15) is 14.4 Å². The van der Waals surface area contributed by atoms with Crippen LogP contribution in [0.5, 0.6) is 0 Å². The monoisotopic (exact) mass is 379 g/mol. The summed E-state index contributed by atoms with van der Waals surface area (Å²) in [6, 6.07) is 12.6. The fourth-order valence-electron chi connectivity index (χ4n) is 3.78. The number of anilines is 1. The van der Waals surface area contributed by atoms with Gasteiger partial charge in [0.15, 0.2) is 0 Å². The van der Waals surface area contributed by atoms with E-state index in [1.165, 1.54) is 4.90 Å². The number of carbonyl (C=O) groups is 3. The van der Waals surface area contributed by atoms with Crippen molar-refractivity contribution in [2.45, 2.75) is 34.1 Å². The maximum atomic E-state index is 13.0.